The molecule has 2 aliphatic rings. The number of aromatic nitrogens is 1. The fraction of sp³-hybridized carbons (Fsp3) is 0.400. The summed E-state index contributed by atoms with van der Waals surface area (Å²) < 4.78 is 18.8. The van der Waals surface area contributed by atoms with Gasteiger partial charge in [-0.2, -0.15) is 5.26 Å². The van der Waals surface area contributed by atoms with Gasteiger partial charge in [0.1, 0.15) is 11.6 Å². The summed E-state index contributed by atoms with van der Waals surface area (Å²) in [6, 6.07) is 8.56. The van der Waals surface area contributed by atoms with Crippen molar-refractivity contribution in [3.8, 4) is 17.3 Å². The molecule has 0 aliphatic carbocycles. The normalized spacial score (nSPS) is 17.0. The third kappa shape index (κ3) is 3.49. The van der Waals surface area contributed by atoms with Gasteiger partial charge in [0.05, 0.1) is 18.8 Å². The molecule has 5 nitrogen and oxygen atoms in total. The van der Waals surface area contributed by atoms with Gasteiger partial charge in [0.2, 0.25) is 0 Å². The van der Waals surface area contributed by atoms with E-state index in [4.69, 9.17) is 9.72 Å². The Morgan fingerprint density at radius 1 is 1.23 bits per heavy atom. The van der Waals surface area contributed by atoms with E-state index < -0.39 is 0 Å². The molecule has 134 valence electrons. The van der Waals surface area contributed by atoms with Crippen LogP contribution in [0.4, 0.5) is 10.2 Å². The Balaban J connectivity index is 1.64. The van der Waals surface area contributed by atoms with Crippen molar-refractivity contribution in [2.75, 3.05) is 25.1 Å². The van der Waals surface area contributed by atoms with E-state index in [2.05, 4.69) is 17.6 Å². The molecule has 1 aromatic heterocycles. The fourth-order valence-corrected chi connectivity index (χ4v) is 3.56. The van der Waals surface area contributed by atoms with Crippen molar-refractivity contribution in [1.82, 2.24) is 9.88 Å². The van der Waals surface area contributed by atoms with Crippen LogP contribution in [0.5, 0.6) is 0 Å². The van der Waals surface area contributed by atoms with Crippen LogP contribution >= 0.6 is 0 Å². The van der Waals surface area contributed by atoms with Gasteiger partial charge in [0.25, 0.3) is 0 Å². The van der Waals surface area contributed by atoms with Crippen molar-refractivity contribution >= 4 is 5.82 Å². The van der Waals surface area contributed by atoms with Crippen molar-refractivity contribution in [3.63, 3.8) is 0 Å². The maximum Gasteiger partial charge on any atom is 0.180 e. The van der Waals surface area contributed by atoms with E-state index in [1.54, 1.807) is 17.0 Å². The average Bonchev–Trinajstić information content (AvgIpc) is 3.09. The molecule has 0 spiro atoms. The summed E-state index contributed by atoms with van der Waals surface area (Å²) in [4.78, 5) is 6.49. The highest BCUT2D eigenvalue weighted by molar-refractivity contribution is 5.76. The quantitative estimate of drug-likeness (QED) is 0.853. The number of nitriles is 1. The number of ether oxygens (including phenoxy) is 1. The first-order chi connectivity index (χ1) is 12.7. The highest BCUT2D eigenvalue weighted by Gasteiger charge is 2.23. The van der Waals surface area contributed by atoms with Crippen molar-refractivity contribution < 1.29 is 9.13 Å². The molecule has 0 bridgehead atoms. The number of nitrogens with zero attached hydrogens (tertiary/aromatic N) is 3. The van der Waals surface area contributed by atoms with Gasteiger partial charge in [0, 0.05) is 25.3 Å². The van der Waals surface area contributed by atoms with Gasteiger partial charge in [-0.3, -0.25) is 0 Å². The van der Waals surface area contributed by atoms with Gasteiger partial charge >= 0.3 is 0 Å². The van der Waals surface area contributed by atoms with E-state index in [1.165, 1.54) is 12.1 Å². The van der Waals surface area contributed by atoms with Crippen molar-refractivity contribution in [1.29, 1.82) is 5.26 Å². The summed E-state index contributed by atoms with van der Waals surface area (Å²) in [7, 11) is 0. The van der Waals surface area contributed by atoms with Crippen molar-refractivity contribution in [3.05, 3.63) is 47.4 Å². The van der Waals surface area contributed by atoms with Crippen LogP contribution in [0.2, 0.25) is 0 Å². The molecule has 3 heterocycles. The number of hydrogen-bond donors (Lipinski definition) is 1. The molecule has 6 heteroatoms. The predicted molar refractivity (Wildman–Crippen MR) is 96.5 cm³/mol. The number of halogens is 1. The molecule has 0 radical (unpaired) electrons. The first kappa shape index (κ1) is 16.8. The highest BCUT2D eigenvalue weighted by Crippen LogP contribution is 2.33. The van der Waals surface area contributed by atoms with Gasteiger partial charge in [-0.1, -0.05) is 12.1 Å². The Kier molecular flexibility index (Phi) is 4.72. The van der Waals surface area contributed by atoms with E-state index >= 15 is 0 Å². The Bertz CT molecular complexity index is 825. The van der Waals surface area contributed by atoms with Crippen LogP contribution in [-0.2, 0) is 17.8 Å². The van der Waals surface area contributed by atoms with Crippen LogP contribution in [0.15, 0.2) is 30.3 Å². The molecule has 0 amide bonds. The summed E-state index contributed by atoms with van der Waals surface area (Å²) in [5.74, 6) is 1.12. The summed E-state index contributed by atoms with van der Waals surface area (Å²) in [6.45, 7) is 3.58. The minimum Gasteiger partial charge on any atom is -0.381 e. The molecule has 26 heavy (non-hydrogen) atoms. The number of fused-ring (bicyclic) bond motifs is 1. The molecule has 0 atom stereocenters. The second-order valence-electron chi connectivity index (χ2n) is 6.89. The van der Waals surface area contributed by atoms with E-state index in [0.29, 0.717) is 19.0 Å². The Morgan fingerprint density at radius 2 is 2.00 bits per heavy atom. The molecule has 2 aliphatic heterocycles. The third-order valence-electron chi connectivity index (χ3n) is 5.09. The molecule has 0 unspecified atom stereocenters. The van der Waals surface area contributed by atoms with Gasteiger partial charge in [-0.05, 0) is 48.1 Å². The minimum atomic E-state index is -0.254. The second kappa shape index (κ2) is 7.30. The summed E-state index contributed by atoms with van der Waals surface area (Å²) in [5, 5.41) is 12.7. The van der Waals surface area contributed by atoms with Gasteiger partial charge < -0.3 is 15.0 Å². The molecule has 1 saturated heterocycles. The first-order valence-corrected chi connectivity index (χ1v) is 8.98. The third-order valence-corrected chi connectivity index (χ3v) is 5.09. The van der Waals surface area contributed by atoms with E-state index in [1.807, 2.05) is 0 Å². The van der Waals surface area contributed by atoms with E-state index in [0.717, 1.165) is 60.8 Å². The SMILES string of the molecule is N#CN1Cc2cc(-c3ccc(F)cc3)c(NCC3CCOCC3)nc2C1. The minimum absolute atomic E-state index is 0.254. The standard InChI is InChI=1S/C20H21FN4O/c21-17-3-1-15(2-4-17)18-9-16-11-25(13-22)12-19(16)24-20(18)23-10-14-5-7-26-8-6-14/h1-4,9,14H,5-8,10-12H2,(H,23,24). The number of rotatable bonds is 4. The van der Waals surface area contributed by atoms with Gasteiger partial charge in [-0.25, -0.2) is 9.37 Å². The largest absolute Gasteiger partial charge is 0.381 e. The van der Waals surface area contributed by atoms with Gasteiger partial charge in [-0.15, -0.1) is 0 Å². The van der Waals surface area contributed by atoms with Crippen LogP contribution in [0.3, 0.4) is 0 Å². The second-order valence-corrected chi connectivity index (χ2v) is 6.89. The summed E-state index contributed by atoms with van der Waals surface area (Å²) >= 11 is 0. The molecule has 1 N–H and O–H groups in total. The first-order valence-electron chi connectivity index (χ1n) is 8.98. The lowest BCUT2D eigenvalue weighted by Gasteiger charge is -2.23. The maximum absolute atomic E-state index is 13.3. The lowest BCUT2D eigenvalue weighted by Crippen LogP contribution is -2.23. The molecule has 4 rings (SSSR count). The summed E-state index contributed by atoms with van der Waals surface area (Å²) in [5.41, 5.74) is 3.87. The van der Waals surface area contributed by atoms with Crippen LogP contribution < -0.4 is 5.32 Å². The Labute approximate surface area is 152 Å². The number of nitrogens with one attached hydrogen (secondary N) is 1. The number of hydrogen-bond acceptors (Lipinski definition) is 5. The fourth-order valence-electron chi connectivity index (χ4n) is 3.56. The molecule has 1 fully saturated rings. The van der Waals surface area contributed by atoms with E-state index in [-0.39, 0.29) is 5.82 Å². The van der Waals surface area contributed by atoms with Crippen LogP contribution in [-0.4, -0.2) is 29.6 Å². The average molecular weight is 352 g/mol. The molecule has 1 aromatic carbocycles. The molecular formula is C20H21FN4O. The van der Waals surface area contributed by atoms with E-state index in [9.17, 15) is 9.65 Å². The molecular weight excluding hydrogens is 331 g/mol. The van der Waals surface area contributed by atoms with Crippen LogP contribution in [0.1, 0.15) is 24.1 Å². The van der Waals surface area contributed by atoms with Crippen molar-refractivity contribution in [2.24, 2.45) is 5.92 Å². The Hall–Kier alpha value is -2.65. The lowest BCUT2D eigenvalue weighted by atomic mass is 9.99. The zero-order valence-electron chi connectivity index (χ0n) is 14.5. The summed E-state index contributed by atoms with van der Waals surface area (Å²) in [6.07, 6.45) is 4.29. The smallest absolute Gasteiger partial charge is 0.180 e. The van der Waals surface area contributed by atoms with Crippen LogP contribution in [0, 0.1) is 23.2 Å². The van der Waals surface area contributed by atoms with Crippen LogP contribution in [0.25, 0.3) is 11.1 Å². The molecule has 2 aromatic rings. The Morgan fingerprint density at radius 3 is 2.73 bits per heavy atom. The number of pyridine rings is 1. The number of anilines is 1. The maximum atomic E-state index is 13.3. The van der Waals surface area contributed by atoms with Gasteiger partial charge in [0.15, 0.2) is 6.19 Å². The zero-order chi connectivity index (χ0) is 17.9. The highest BCUT2D eigenvalue weighted by atomic mass is 19.1. The lowest BCUT2D eigenvalue weighted by molar-refractivity contribution is 0.0699. The number of benzene rings is 1. The molecule has 0 saturated carbocycles. The predicted octanol–water partition coefficient (Wildman–Crippen LogP) is 3.52. The zero-order valence-corrected chi connectivity index (χ0v) is 14.5. The topological polar surface area (TPSA) is 61.2 Å². The van der Waals surface area contributed by atoms with Crippen molar-refractivity contribution in [2.45, 2.75) is 25.9 Å². The monoisotopic (exact) mass is 352 g/mol.